The summed E-state index contributed by atoms with van der Waals surface area (Å²) in [5.41, 5.74) is 3.27. The number of nitrogens with one attached hydrogen (secondary N) is 1. The summed E-state index contributed by atoms with van der Waals surface area (Å²) in [6.45, 7) is 5.03. The Hall–Kier alpha value is -1.68. The molecule has 6 rings (SSSR count). The Morgan fingerprint density at radius 3 is 1.93 bits per heavy atom. The average Bonchev–Trinajstić information content (AvgIpc) is 3.07. The largest absolute Gasteiger partial charge is 0.379 e. The Kier molecular flexibility index (Phi) is 4.76. The third kappa shape index (κ3) is 3.22. The summed E-state index contributed by atoms with van der Waals surface area (Å²) in [7, 11) is 0. The van der Waals surface area contributed by atoms with E-state index in [1.54, 1.807) is 0 Å². The van der Waals surface area contributed by atoms with Gasteiger partial charge in [-0.05, 0) is 36.9 Å². The van der Waals surface area contributed by atoms with Crippen molar-refractivity contribution in [2.45, 2.75) is 42.7 Å². The molecule has 2 atom stereocenters. The van der Waals surface area contributed by atoms with Gasteiger partial charge in [0.25, 0.3) is 0 Å². The zero-order valence-electron chi connectivity index (χ0n) is 16.0. The van der Waals surface area contributed by atoms with Crippen molar-refractivity contribution in [3.05, 3.63) is 71.8 Å². The van der Waals surface area contributed by atoms with Gasteiger partial charge >= 0.3 is 0 Å². The second-order valence-electron chi connectivity index (χ2n) is 8.50. The minimum Gasteiger partial charge on any atom is -0.379 e. The SMILES string of the molecule is c1ccc(C2CC3(N4CCOCC4)CCNC2C(c2ccccc2)C3)cc1. The van der Waals surface area contributed by atoms with E-state index in [1.165, 1.54) is 30.4 Å². The smallest absolute Gasteiger partial charge is 0.0594 e. The van der Waals surface area contributed by atoms with Crippen LogP contribution in [0.4, 0.5) is 0 Å². The maximum Gasteiger partial charge on any atom is 0.0594 e. The van der Waals surface area contributed by atoms with Gasteiger partial charge in [0.1, 0.15) is 0 Å². The number of nitrogens with zero attached hydrogens (tertiary/aromatic N) is 1. The van der Waals surface area contributed by atoms with Crippen LogP contribution in [0.3, 0.4) is 0 Å². The molecule has 3 nitrogen and oxygen atoms in total. The van der Waals surface area contributed by atoms with Crippen molar-refractivity contribution in [2.24, 2.45) is 0 Å². The summed E-state index contributed by atoms with van der Waals surface area (Å²) in [5, 5.41) is 3.98. The van der Waals surface area contributed by atoms with Crippen molar-refractivity contribution in [1.82, 2.24) is 10.2 Å². The topological polar surface area (TPSA) is 24.5 Å². The van der Waals surface area contributed by atoms with Crippen LogP contribution in [0.2, 0.25) is 0 Å². The Labute approximate surface area is 162 Å². The number of ether oxygens (including phenoxy) is 1. The highest BCUT2D eigenvalue weighted by atomic mass is 16.5. The molecule has 4 fully saturated rings. The number of benzene rings is 2. The predicted octanol–water partition coefficient (Wildman–Crippen LogP) is 3.78. The number of rotatable bonds is 3. The first-order valence-corrected chi connectivity index (χ1v) is 10.5. The first-order chi connectivity index (χ1) is 13.4. The monoisotopic (exact) mass is 362 g/mol. The van der Waals surface area contributed by atoms with Crippen molar-refractivity contribution in [3.63, 3.8) is 0 Å². The van der Waals surface area contributed by atoms with Crippen LogP contribution in [0.25, 0.3) is 0 Å². The fourth-order valence-corrected chi connectivity index (χ4v) is 5.90. The van der Waals surface area contributed by atoms with Gasteiger partial charge in [0.2, 0.25) is 0 Å². The van der Waals surface area contributed by atoms with E-state index in [-0.39, 0.29) is 5.54 Å². The van der Waals surface area contributed by atoms with E-state index < -0.39 is 0 Å². The molecule has 3 aliphatic heterocycles. The summed E-state index contributed by atoms with van der Waals surface area (Å²) in [6, 6.07) is 22.9. The van der Waals surface area contributed by atoms with Crippen molar-refractivity contribution < 1.29 is 4.74 Å². The number of morpholine rings is 1. The lowest BCUT2D eigenvalue weighted by atomic mass is 9.63. The minimum absolute atomic E-state index is 0.283. The highest BCUT2D eigenvalue weighted by Crippen LogP contribution is 2.51. The van der Waals surface area contributed by atoms with Crippen molar-refractivity contribution in [3.8, 4) is 0 Å². The van der Waals surface area contributed by atoms with Crippen molar-refractivity contribution in [1.29, 1.82) is 0 Å². The van der Waals surface area contributed by atoms with E-state index >= 15 is 0 Å². The molecular formula is C24H30N2O. The van der Waals surface area contributed by atoms with E-state index in [1.807, 2.05) is 0 Å². The second kappa shape index (κ2) is 7.38. The average molecular weight is 363 g/mol. The molecule has 0 radical (unpaired) electrons. The normalized spacial score (nSPS) is 34.3. The fourth-order valence-electron chi connectivity index (χ4n) is 5.90. The van der Waals surface area contributed by atoms with Gasteiger partial charge in [-0.25, -0.2) is 0 Å². The van der Waals surface area contributed by atoms with E-state index in [9.17, 15) is 0 Å². The molecule has 0 aromatic heterocycles. The number of hydrogen-bond donors (Lipinski definition) is 1. The standard InChI is InChI=1S/C24H30N2O/c1-3-7-19(8-4-1)21-17-24(26-13-15-27-16-14-26)11-12-25-23(21)22(18-24)20-9-5-2-6-10-20/h1-10,21-23,25H,11-18H2. The molecule has 1 aliphatic carbocycles. The van der Waals surface area contributed by atoms with Gasteiger partial charge in [-0.1, -0.05) is 60.7 Å². The third-order valence-corrected chi connectivity index (χ3v) is 7.17. The van der Waals surface area contributed by atoms with Crippen LogP contribution < -0.4 is 5.32 Å². The molecule has 4 aliphatic rings. The molecule has 3 saturated heterocycles. The molecule has 27 heavy (non-hydrogen) atoms. The molecule has 3 heteroatoms. The zero-order chi connectivity index (χ0) is 18.1. The number of hydrogen-bond acceptors (Lipinski definition) is 3. The highest BCUT2D eigenvalue weighted by Gasteiger charge is 2.51. The van der Waals surface area contributed by atoms with Crippen LogP contribution in [0.5, 0.6) is 0 Å². The number of fused-ring (bicyclic) bond motifs is 4. The molecule has 0 amide bonds. The summed E-state index contributed by atoms with van der Waals surface area (Å²) >= 11 is 0. The van der Waals surface area contributed by atoms with E-state index in [0.29, 0.717) is 17.9 Å². The molecule has 1 N–H and O–H groups in total. The summed E-state index contributed by atoms with van der Waals surface area (Å²) < 4.78 is 5.69. The molecule has 1 saturated carbocycles. The van der Waals surface area contributed by atoms with Gasteiger partial charge < -0.3 is 10.1 Å². The van der Waals surface area contributed by atoms with Gasteiger partial charge in [-0.15, -0.1) is 0 Å². The Bertz CT molecular complexity index is 692. The Morgan fingerprint density at radius 1 is 0.815 bits per heavy atom. The molecular weight excluding hydrogens is 332 g/mol. The lowest BCUT2D eigenvalue weighted by Crippen LogP contribution is -2.57. The lowest BCUT2D eigenvalue weighted by molar-refractivity contribution is -0.0432. The van der Waals surface area contributed by atoms with Crippen molar-refractivity contribution >= 4 is 0 Å². The molecule has 3 heterocycles. The maximum atomic E-state index is 5.69. The molecule has 2 bridgehead atoms. The minimum atomic E-state index is 0.283. The van der Waals surface area contributed by atoms with Crippen LogP contribution in [-0.2, 0) is 4.74 Å². The summed E-state index contributed by atoms with van der Waals surface area (Å²) in [4.78, 5) is 2.77. The quantitative estimate of drug-likeness (QED) is 0.899. The Morgan fingerprint density at radius 2 is 1.37 bits per heavy atom. The molecule has 2 unspecified atom stereocenters. The van der Waals surface area contributed by atoms with Crippen LogP contribution in [0, 0.1) is 0 Å². The molecule has 0 spiro atoms. The van der Waals surface area contributed by atoms with E-state index in [2.05, 4.69) is 70.9 Å². The van der Waals surface area contributed by atoms with E-state index in [4.69, 9.17) is 4.74 Å². The van der Waals surface area contributed by atoms with E-state index in [0.717, 1.165) is 32.8 Å². The van der Waals surface area contributed by atoms with Crippen molar-refractivity contribution in [2.75, 3.05) is 32.8 Å². The first kappa shape index (κ1) is 17.4. The Balaban J connectivity index is 1.57. The zero-order valence-corrected chi connectivity index (χ0v) is 16.0. The van der Waals surface area contributed by atoms with Gasteiger partial charge in [0.05, 0.1) is 13.2 Å². The van der Waals surface area contributed by atoms with Gasteiger partial charge in [-0.2, -0.15) is 0 Å². The third-order valence-electron chi connectivity index (χ3n) is 7.17. The lowest BCUT2D eigenvalue weighted by Gasteiger charge is -2.52. The maximum absolute atomic E-state index is 5.69. The van der Waals surface area contributed by atoms with Crippen LogP contribution in [0.1, 0.15) is 42.2 Å². The van der Waals surface area contributed by atoms with Crippen LogP contribution in [-0.4, -0.2) is 49.3 Å². The predicted molar refractivity (Wildman–Crippen MR) is 109 cm³/mol. The highest BCUT2D eigenvalue weighted by molar-refractivity contribution is 5.32. The molecule has 2 aromatic rings. The molecule has 142 valence electrons. The van der Waals surface area contributed by atoms with Gasteiger partial charge in [-0.3, -0.25) is 4.90 Å². The van der Waals surface area contributed by atoms with Gasteiger partial charge in [0.15, 0.2) is 0 Å². The summed E-state index contributed by atoms with van der Waals surface area (Å²) in [5.74, 6) is 1.13. The molecule has 2 aromatic carbocycles. The van der Waals surface area contributed by atoms with Gasteiger partial charge in [0, 0.05) is 36.5 Å². The summed E-state index contributed by atoms with van der Waals surface area (Å²) in [6.07, 6.45) is 3.77. The van der Waals surface area contributed by atoms with Crippen LogP contribution in [0.15, 0.2) is 60.7 Å². The first-order valence-electron chi connectivity index (χ1n) is 10.5. The van der Waals surface area contributed by atoms with Crippen LogP contribution >= 0.6 is 0 Å². The second-order valence-corrected chi connectivity index (χ2v) is 8.50. The fraction of sp³-hybridized carbons (Fsp3) is 0.500.